The zero-order valence-corrected chi connectivity index (χ0v) is 18.9. The van der Waals surface area contributed by atoms with Crippen LogP contribution in [0.1, 0.15) is 25.0 Å². The Kier molecular flexibility index (Phi) is 6.45. The van der Waals surface area contributed by atoms with Crippen LogP contribution in [0.25, 0.3) is 5.57 Å². The van der Waals surface area contributed by atoms with Gasteiger partial charge in [-0.2, -0.15) is 0 Å². The van der Waals surface area contributed by atoms with E-state index >= 15 is 0 Å². The molecule has 0 bridgehead atoms. The maximum absolute atomic E-state index is 13.7. The smallest absolute Gasteiger partial charge is 0.282 e. The van der Waals surface area contributed by atoms with Crippen molar-refractivity contribution < 1.29 is 19.1 Å². The lowest BCUT2D eigenvalue weighted by Gasteiger charge is -2.16. The number of rotatable bonds is 8. The van der Waals surface area contributed by atoms with Gasteiger partial charge in [0, 0.05) is 17.3 Å². The van der Waals surface area contributed by atoms with Crippen molar-refractivity contribution in [3.05, 3.63) is 89.6 Å². The van der Waals surface area contributed by atoms with Crippen molar-refractivity contribution >= 4 is 28.8 Å². The molecule has 0 unspecified atom stereocenters. The summed E-state index contributed by atoms with van der Waals surface area (Å²) in [6, 6.07) is 22.0. The van der Waals surface area contributed by atoms with E-state index in [9.17, 15) is 9.59 Å². The molecular weight excluding hydrogens is 416 g/mol. The summed E-state index contributed by atoms with van der Waals surface area (Å²) in [4.78, 5) is 28.4. The molecule has 0 aromatic heterocycles. The van der Waals surface area contributed by atoms with Gasteiger partial charge in [0.05, 0.1) is 25.0 Å². The van der Waals surface area contributed by atoms with E-state index in [1.54, 1.807) is 43.5 Å². The highest BCUT2D eigenvalue weighted by atomic mass is 16.5. The molecule has 0 fully saturated rings. The first-order chi connectivity index (χ1) is 16.1. The quantitative estimate of drug-likeness (QED) is 0.494. The number of nitrogens with one attached hydrogen (secondary N) is 1. The average molecular weight is 443 g/mol. The first-order valence-electron chi connectivity index (χ1n) is 10.9. The summed E-state index contributed by atoms with van der Waals surface area (Å²) >= 11 is 0. The highest BCUT2D eigenvalue weighted by molar-refractivity contribution is 6.46. The second kappa shape index (κ2) is 9.61. The normalized spacial score (nSPS) is 13.5. The van der Waals surface area contributed by atoms with Gasteiger partial charge in [-0.15, -0.1) is 0 Å². The van der Waals surface area contributed by atoms with Gasteiger partial charge >= 0.3 is 0 Å². The molecular formula is C27H26N2O4. The number of carbonyl (C=O) groups is 2. The number of amides is 2. The van der Waals surface area contributed by atoms with Crippen LogP contribution in [-0.2, 0) is 16.0 Å². The van der Waals surface area contributed by atoms with Crippen LogP contribution in [0.3, 0.4) is 0 Å². The van der Waals surface area contributed by atoms with Crippen LogP contribution in [0.4, 0.5) is 11.4 Å². The Balaban J connectivity index is 1.81. The maximum atomic E-state index is 13.7. The molecule has 1 heterocycles. The van der Waals surface area contributed by atoms with Gasteiger partial charge in [0.25, 0.3) is 11.8 Å². The zero-order chi connectivity index (χ0) is 23.4. The second-order valence-corrected chi connectivity index (χ2v) is 7.50. The fourth-order valence-electron chi connectivity index (χ4n) is 3.83. The largest absolute Gasteiger partial charge is 0.496 e. The Morgan fingerprint density at radius 3 is 2.33 bits per heavy atom. The number of carbonyl (C=O) groups excluding carboxylic acids is 2. The topological polar surface area (TPSA) is 67.9 Å². The Bertz CT molecular complexity index is 1210. The van der Waals surface area contributed by atoms with Crippen molar-refractivity contribution in [2.75, 3.05) is 23.9 Å². The third-order valence-electron chi connectivity index (χ3n) is 5.48. The molecule has 0 saturated carbocycles. The van der Waals surface area contributed by atoms with Crippen molar-refractivity contribution in [3.63, 3.8) is 0 Å². The van der Waals surface area contributed by atoms with Gasteiger partial charge < -0.3 is 14.8 Å². The van der Waals surface area contributed by atoms with Gasteiger partial charge in [0.15, 0.2) is 0 Å². The molecule has 3 aromatic rings. The summed E-state index contributed by atoms with van der Waals surface area (Å²) in [5.41, 5.74) is 3.37. The summed E-state index contributed by atoms with van der Waals surface area (Å²) in [5.74, 6) is 0.241. The van der Waals surface area contributed by atoms with Crippen molar-refractivity contribution in [1.29, 1.82) is 0 Å². The molecule has 4 rings (SSSR count). The predicted molar refractivity (Wildman–Crippen MR) is 129 cm³/mol. The van der Waals surface area contributed by atoms with Crippen molar-refractivity contribution in [2.45, 2.75) is 20.3 Å². The van der Waals surface area contributed by atoms with Crippen molar-refractivity contribution in [3.8, 4) is 11.5 Å². The molecule has 1 aliphatic rings. The first-order valence-corrected chi connectivity index (χ1v) is 10.9. The average Bonchev–Trinajstić information content (AvgIpc) is 3.08. The number of para-hydroxylation sites is 1. The number of methoxy groups -OCH3 is 1. The highest BCUT2D eigenvalue weighted by Gasteiger charge is 2.41. The molecule has 0 aliphatic carbocycles. The number of benzene rings is 3. The number of aryl methyl sites for hydroxylation is 1. The van der Waals surface area contributed by atoms with Crippen LogP contribution in [0.2, 0.25) is 0 Å². The molecule has 0 radical (unpaired) electrons. The van der Waals surface area contributed by atoms with E-state index in [1.165, 1.54) is 10.5 Å². The minimum atomic E-state index is -0.436. The molecule has 3 aromatic carbocycles. The van der Waals surface area contributed by atoms with E-state index in [4.69, 9.17) is 9.47 Å². The van der Waals surface area contributed by atoms with Crippen LogP contribution in [-0.4, -0.2) is 25.5 Å². The summed E-state index contributed by atoms with van der Waals surface area (Å²) in [5, 5.41) is 3.19. The molecule has 0 saturated heterocycles. The monoisotopic (exact) mass is 442 g/mol. The van der Waals surface area contributed by atoms with Crippen LogP contribution in [0, 0.1) is 0 Å². The molecule has 6 nitrogen and oxygen atoms in total. The van der Waals surface area contributed by atoms with E-state index in [2.05, 4.69) is 12.2 Å². The van der Waals surface area contributed by atoms with E-state index < -0.39 is 11.8 Å². The molecule has 0 spiro atoms. The number of hydrogen-bond acceptors (Lipinski definition) is 5. The van der Waals surface area contributed by atoms with Crippen LogP contribution >= 0.6 is 0 Å². The van der Waals surface area contributed by atoms with E-state index in [0.717, 1.165) is 12.1 Å². The fraction of sp³-hybridized carbons (Fsp3) is 0.185. The third kappa shape index (κ3) is 4.32. The van der Waals surface area contributed by atoms with E-state index in [1.807, 2.05) is 43.3 Å². The van der Waals surface area contributed by atoms with E-state index in [0.29, 0.717) is 29.4 Å². The zero-order valence-electron chi connectivity index (χ0n) is 18.9. The predicted octanol–water partition coefficient (Wildman–Crippen LogP) is 5.05. The number of nitrogens with zero attached hydrogens (tertiary/aromatic N) is 1. The minimum absolute atomic E-state index is 0.204. The van der Waals surface area contributed by atoms with E-state index in [-0.39, 0.29) is 11.3 Å². The van der Waals surface area contributed by atoms with Gasteiger partial charge in [-0.25, -0.2) is 4.90 Å². The summed E-state index contributed by atoms with van der Waals surface area (Å²) in [6.45, 7) is 4.45. The standard InChI is InChI=1S/C27H26N2O4/c1-4-18-13-15-19(16-14-18)28-25-24(22-11-6-7-12-23(22)32-3)26(30)29(27(25)31)20-9-8-10-21(17-20)33-5-2/h6-17,28H,4-5H2,1-3H3. The SMILES string of the molecule is CCOc1cccc(N2C(=O)C(Nc3ccc(CC)cc3)=C(c3ccccc3OC)C2=O)c1. The number of hydrogen-bond donors (Lipinski definition) is 1. The Labute approximate surface area is 193 Å². The number of imide groups is 1. The second-order valence-electron chi connectivity index (χ2n) is 7.50. The fourth-order valence-corrected chi connectivity index (χ4v) is 3.83. The molecule has 1 aliphatic heterocycles. The lowest BCUT2D eigenvalue weighted by molar-refractivity contribution is -0.120. The van der Waals surface area contributed by atoms with Crippen LogP contribution in [0.5, 0.6) is 11.5 Å². The number of anilines is 2. The highest BCUT2D eigenvalue weighted by Crippen LogP contribution is 2.38. The third-order valence-corrected chi connectivity index (χ3v) is 5.48. The minimum Gasteiger partial charge on any atom is -0.496 e. The van der Waals surface area contributed by atoms with Gasteiger partial charge in [0.1, 0.15) is 17.2 Å². The molecule has 1 N–H and O–H groups in total. The number of ether oxygens (including phenoxy) is 2. The van der Waals surface area contributed by atoms with Crippen LogP contribution < -0.4 is 19.7 Å². The lowest BCUT2D eigenvalue weighted by Crippen LogP contribution is -2.32. The molecule has 168 valence electrons. The Morgan fingerprint density at radius 2 is 1.64 bits per heavy atom. The van der Waals surface area contributed by atoms with Gasteiger partial charge in [-0.1, -0.05) is 43.3 Å². The Morgan fingerprint density at radius 1 is 0.879 bits per heavy atom. The molecule has 6 heteroatoms. The maximum Gasteiger partial charge on any atom is 0.282 e. The van der Waals surface area contributed by atoms with Crippen molar-refractivity contribution in [1.82, 2.24) is 0 Å². The molecule has 2 amide bonds. The Hall–Kier alpha value is -4.06. The molecule has 33 heavy (non-hydrogen) atoms. The summed E-state index contributed by atoms with van der Waals surface area (Å²) in [6.07, 6.45) is 0.913. The summed E-state index contributed by atoms with van der Waals surface area (Å²) < 4.78 is 11.1. The van der Waals surface area contributed by atoms with Crippen molar-refractivity contribution in [2.24, 2.45) is 0 Å². The molecule has 0 atom stereocenters. The van der Waals surface area contributed by atoms with Gasteiger partial charge in [0.2, 0.25) is 0 Å². The van der Waals surface area contributed by atoms with Crippen LogP contribution in [0.15, 0.2) is 78.5 Å². The summed E-state index contributed by atoms with van der Waals surface area (Å²) in [7, 11) is 1.54. The first kappa shape index (κ1) is 22.1. The van der Waals surface area contributed by atoms with Gasteiger partial charge in [-0.05, 0) is 49.2 Å². The lowest BCUT2D eigenvalue weighted by atomic mass is 10.0. The van der Waals surface area contributed by atoms with Gasteiger partial charge in [-0.3, -0.25) is 9.59 Å².